The second-order valence-electron chi connectivity index (χ2n) is 4.99. The molecule has 0 bridgehead atoms. The van der Waals surface area contributed by atoms with Crippen molar-refractivity contribution in [1.29, 1.82) is 0 Å². The Morgan fingerprint density at radius 2 is 1.31 bits per heavy atom. The summed E-state index contributed by atoms with van der Waals surface area (Å²) in [6, 6.07) is 0. The van der Waals surface area contributed by atoms with Gasteiger partial charge in [-0.1, -0.05) is 47.0 Å². The summed E-state index contributed by atoms with van der Waals surface area (Å²) in [5.74, 6) is 4.07. The van der Waals surface area contributed by atoms with E-state index in [1.165, 1.54) is 32.1 Å². The van der Waals surface area contributed by atoms with Crippen LogP contribution in [0.4, 0.5) is 0 Å². The minimum Gasteiger partial charge on any atom is -0.0651 e. The summed E-state index contributed by atoms with van der Waals surface area (Å²) in [4.78, 5) is 0. The van der Waals surface area contributed by atoms with Gasteiger partial charge in [-0.25, -0.2) is 0 Å². The molecular weight excluding hydrogens is 156 g/mol. The van der Waals surface area contributed by atoms with E-state index in [9.17, 15) is 0 Å². The topological polar surface area (TPSA) is 0 Å². The predicted octanol–water partition coefficient (Wildman–Crippen LogP) is 4.49. The molecule has 2 unspecified atom stereocenters. The quantitative estimate of drug-likeness (QED) is 0.603. The van der Waals surface area contributed by atoms with Crippen LogP contribution in [0, 0.1) is 23.7 Å². The van der Waals surface area contributed by atoms with Crippen LogP contribution >= 0.6 is 0 Å². The fourth-order valence-corrected chi connectivity index (χ4v) is 3.47. The molecule has 13 heavy (non-hydrogen) atoms. The van der Waals surface area contributed by atoms with Gasteiger partial charge in [0.1, 0.15) is 0 Å². The Bertz CT molecular complexity index is 125. The average molecular weight is 182 g/mol. The minimum absolute atomic E-state index is 0.984. The highest BCUT2D eigenvalue weighted by Gasteiger charge is 2.32. The van der Waals surface area contributed by atoms with Crippen molar-refractivity contribution < 1.29 is 0 Å². The summed E-state index contributed by atoms with van der Waals surface area (Å²) < 4.78 is 0. The highest BCUT2D eigenvalue weighted by Crippen LogP contribution is 2.42. The van der Waals surface area contributed by atoms with E-state index in [2.05, 4.69) is 27.7 Å². The second-order valence-corrected chi connectivity index (χ2v) is 4.99. The van der Waals surface area contributed by atoms with E-state index < -0.39 is 0 Å². The SMILES string of the molecule is CCC1CC(C)CC(CC)C1CC. The van der Waals surface area contributed by atoms with Gasteiger partial charge in [0.25, 0.3) is 0 Å². The van der Waals surface area contributed by atoms with Gasteiger partial charge < -0.3 is 0 Å². The molecule has 0 aromatic carbocycles. The van der Waals surface area contributed by atoms with Crippen LogP contribution in [-0.4, -0.2) is 0 Å². The van der Waals surface area contributed by atoms with Crippen LogP contribution in [0.2, 0.25) is 0 Å². The maximum atomic E-state index is 2.44. The van der Waals surface area contributed by atoms with Gasteiger partial charge >= 0.3 is 0 Å². The van der Waals surface area contributed by atoms with E-state index in [4.69, 9.17) is 0 Å². The van der Waals surface area contributed by atoms with E-state index in [-0.39, 0.29) is 0 Å². The van der Waals surface area contributed by atoms with Gasteiger partial charge in [-0.05, 0) is 36.5 Å². The first-order valence-electron chi connectivity index (χ1n) is 6.22. The maximum absolute atomic E-state index is 2.44. The van der Waals surface area contributed by atoms with Gasteiger partial charge in [0.2, 0.25) is 0 Å². The van der Waals surface area contributed by atoms with Crippen LogP contribution in [0.25, 0.3) is 0 Å². The van der Waals surface area contributed by atoms with Gasteiger partial charge in [-0.3, -0.25) is 0 Å². The van der Waals surface area contributed by atoms with Crippen molar-refractivity contribution >= 4 is 0 Å². The Morgan fingerprint density at radius 1 is 0.846 bits per heavy atom. The van der Waals surface area contributed by atoms with Gasteiger partial charge in [0.05, 0.1) is 0 Å². The zero-order chi connectivity index (χ0) is 9.84. The lowest BCUT2D eigenvalue weighted by atomic mass is 9.65. The Balaban J connectivity index is 2.61. The molecule has 1 aliphatic carbocycles. The van der Waals surface area contributed by atoms with Crippen LogP contribution < -0.4 is 0 Å². The molecule has 0 nitrogen and oxygen atoms in total. The smallest absolute Gasteiger partial charge is 0.0360 e. The third-order valence-electron chi connectivity index (χ3n) is 4.14. The highest BCUT2D eigenvalue weighted by molar-refractivity contribution is 4.83. The summed E-state index contributed by atoms with van der Waals surface area (Å²) in [5, 5.41) is 0. The molecule has 2 atom stereocenters. The Hall–Kier alpha value is 0. The summed E-state index contributed by atoms with van der Waals surface area (Å²) in [6.07, 6.45) is 7.19. The van der Waals surface area contributed by atoms with E-state index in [0.717, 1.165) is 23.7 Å². The van der Waals surface area contributed by atoms with Crippen molar-refractivity contribution in [2.45, 2.75) is 59.8 Å². The number of hydrogen-bond donors (Lipinski definition) is 0. The zero-order valence-corrected chi connectivity index (χ0v) is 9.84. The molecule has 0 aliphatic heterocycles. The first-order valence-corrected chi connectivity index (χ1v) is 6.22. The van der Waals surface area contributed by atoms with Crippen LogP contribution in [0.3, 0.4) is 0 Å². The number of rotatable bonds is 3. The monoisotopic (exact) mass is 182 g/mol. The summed E-state index contributed by atoms with van der Waals surface area (Å²) in [7, 11) is 0. The molecule has 0 aromatic heterocycles. The molecule has 0 N–H and O–H groups in total. The van der Waals surface area contributed by atoms with E-state index in [0.29, 0.717) is 0 Å². The van der Waals surface area contributed by atoms with Gasteiger partial charge in [0, 0.05) is 0 Å². The fraction of sp³-hybridized carbons (Fsp3) is 1.00. The fourth-order valence-electron chi connectivity index (χ4n) is 3.47. The third kappa shape index (κ3) is 2.48. The second kappa shape index (κ2) is 5.02. The molecular formula is C13H26. The summed E-state index contributed by atoms with van der Waals surface area (Å²) >= 11 is 0. The molecule has 1 aliphatic rings. The van der Waals surface area contributed by atoms with Crippen LogP contribution in [0.15, 0.2) is 0 Å². The molecule has 0 saturated heterocycles. The largest absolute Gasteiger partial charge is 0.0651 e. The molecule has 0 heterocycles. The lowest BCUT2D eigenvalue weighted by molar-refractivity contribution is 0.102. The molecule has 0 amide bonds. The van der Waals surface area contributed by atoms with Crippen LogP contribution in [0.5, 0.6) is 0 Å². The van der Waals surface area contributed by atoms with Crippen molar-refractivity contribution in [3.8, 4) is 0 Å². The molecule has 1 saturated carbocycles. The molecule has 1 rings (SSSR count). The normalized spacial score (nSPS) is 40.6. The first-order chi connectivity index (χ1) is 6.22. The lowest BCUT2D eigenvalue weighted by Crippen LogP contribution is -2.30. The Morgan fingerprint density at radius 3 is 1.62 bits per heavy atom. The predicted molar refractivity (Wildman–Crippen MR) is 59.7 cm³/mol. The van der Waals surface area contributed by atoms with Crippen molar-refractivity contribution in [1.82, 2.24) is 0 Å². The molecule has 1 fully saturated rings. The molecule has 0 spiro atoms. The van der Waals surface area contributed by atoms with Crippen molar-refractivity contribution in [3.63, 3.8) is 0 Å². The van der Waals surface area contributed by atoms with Crippen molar-refractivity contribution in [3.05, 3.63) is 0 Å². The Kier molecular flexibility index (Phi) is 4.28. The lowest BCUT2D eigenvalue weighted by Gasteiger charge is -2.40. The van der Waals surface area contributed by atoms with Gasteiger partial charge in [-0.2, -0.15) is 0 Å². The van der Waals surface area contributed by atoms with Crippen LogP contribution in [0.1, 0.15) is 59.8 Å². The highest BCUT2D eigenvalue weighted by atomic mass is 14.4. The standard InChI is InChI=1S/C13H26/c1-5-11-8-10(4)9-12(6-2)13(11)7-3/h10-13H,5-9H2,1-4H3. The summed E-state index contributed by atoms with van der Waals surface area (Å²) in [6.45, 7) is 9.57. The molecule has 0 radical (unpaired) electrons. The van der Waals surface area contributed by atoms with Gasteiger partial charge in [0.15, 0.2) is 0 Å². The molecule has 0 aromatic rings. The zero-order valence-electron chi connectivity index (χ0n) is 9.84. The first kappa shape index (κ1) is 11.1. The third-order valence-corrected chi connectivity index (χ3v) is 4.14. The minimum atomic E-state index is 0.984. The Labute approximate surface area is 84.1 Å². The van der Waals surface area contributed by atoms with Gasteiger partial charge in [-0.15, -0.1) is 0 Å². The van der Waals surface area contributed by atoms with Crippen molar-refractivity contribution in [2.24, 2.45) is 23.7 Å². The molecule has 0 heteroatoms. The van der Waals surface area contributed by atoms with E-state index in [1.54, 1.807) is 0 Å². The average Bonchev–Trinajstić information content (AvgIpc) is 2.16. The molecule has 78 valence electrons. The maximum Gasteiger partial charge on any atom is -0.0360 e. The van der Waals surface area contributed by atoms with E-state index in [1.807, 2.05) is 0 Å². The summed E-state index contributed by atoms with van der Waals surface area (Å²) in [5.41, 5.74) is 0. The number of hydrogen-bond acceptors (Lipinski definition) is 0. The van der Waals surface area contributed by atoms with E-state index >= 15 is 0 Å². The van der Waals surface area contributed by atoms with Crippen LogP contribution in [-0.2, 0) is 0 Å². The van der Waals surface area contributed by atoms with Crippen molar-refractivity contribution in [2.75, 3.05) is 0 Å².